The highest BCUT2D eigenvalue weighted by atomic mass is 15.2. The lowest BCUT2D eigenvalue weighted by Crippen LogP contribution is -2.24. The van der Waals surface area contributed by atoms with Crippen molar-refractivity contribution >= 4 is 5.95 Å². The van der Waals surface area contributed by atoms with Gasteiger partial charge in [0.15, 0.2) is 0 Å². The van der Waals surface area contributed by atoms with Gasteiger partial charge in [-0.15, -0.1) is 0 Å². The fourth-order valence-corrected chi connectivity index (χ4v) is 1.62. The van der Waals surface area contributed by atoms with Crippen LogP contribution in [0.1, 0.15) is 26.7 Å². The molecule has 0 bridgehead atoms. The lowest BCUT2D eigenvalue weighted by atomic mass is 10.2. The Hall–Kier alpha value is -1.03. The van der Waals surface area contributed by atoms with Gasteiger partial charge in [0.2, 0.25) is 5.95 Å². The van der Waals surface area contributed by atoms with E-state index in [-0.39, 0.29) is 0 Å². The molecule has 0 aliphatic carbocycles. The van der Waals surface area contributed by atoms with Gasteiger partial charge in [0, 0.05) is 25.0 Å². The molecular weight excluding hydrogens is 200 g/mol. The van der Waals surface area contributed by atoms with Crippen molar-refractivity contribution < 1.29 is 0 Å². The van der Waals surface area contributed by atoms with Gasteiger partial charge >= 0.3 is 0 Å². The molecule has 92 valence electrons. The number of rotatable bonds is 7. The standard InChI is InChI=1S/C12H24N4/c1-5-8-16-10-7-13-12(16)14-11(2)6-9-15(3)4/h7,10-11H,5-6,8-9H2,1-4H3,(H,13,14). The molecule has 0 aliphatic rings. The first kappa shape index (κ1) is 13.0. The van der Waals surface area contributed by atoms with Crippen LogP contribution in [-0.4, -0.2) is 41.1 Å². The van der Waals surface area contributed by atoms with E-state index >= 15 is 0 Å². The zero-order valence-corrected chi connectivity index (χ0v) is 10.9. The number of nitrogens with zero attached hydrogens (tertiary/aromatic N) is 3. The lowest BCUT2D eigenvalue weighted by Gasteiger charge is -2.18. The Morgan fingerprint density at radius 1 is 1.50 bits per heavy atom. The highest BCUT2D eigenvalue weighted by molar-refractivity contribution is 5.27. The summed E-state index contributed by atoms with van der Waals surface area (Å²) in [5, 5.41) is 3.46. The maximum atomic E-state index is 4.34. The van der Waals surface area contributed by atoms with Crippen molar-refractivity contribution in [3.8, 4) is 0 Å². The molecular formula is C12H24N4. The molecule has 1 rings (SSSR count). The smallest absolute Gasteiger partial charge is 0.202 e. The molecule has 0 aromatic carbocycles. The Labute approximate surface area is 98.7 Å². The Kier molecular flexibility index (Phi) is 5.32. The van der Waals surface area contributed by atoms with Crippen molar-refractivity contribution in [2.24, 2.45) is 0 Å². The van der Waals surface area contributed by atoms with Crippen LogP contribution in [0.25, 0.3) is 0 Å². The molecule has 1 aromatic heterocycles. The van der Waals surface area contributed by atoms with Gasteiger partial charge in [-0.05, 0) is 40.4 Å². The van der Waals surface area contributed by atoms with Crippen LogP contribution < -0.4 is 5.32 Å². The first-order chi connectivity index (χ1) is 7.63. The molecule has 1 aromatic rings. The summed E-state index contributed by atoms with van der Waals surface area (Å²) in [6.45, 7) is 6.51. The number of hydrogen-bond acceptors (Lipinski definition) is 3. The topological polar surface area (TPSA) is 33.1 Å². The molecule has 1 unspecified atom stereocenters. The molecule has 4 nitrogen and oxygen atoms in total. The molecule has 0 spiro atoms. The fourth-order valence-electron chi connectivity index (χ4n) is 1.62. The quantitative estimate of drug-likeness (QED) is 0.769. The molecule has 0 fully saturated rings. The molecule has 0 radical (unpaired) electrons. The first-order valence-electron chi connectivity index (χ1n) is 6.06. The van der Waals surface area contributed by atoms with Crippen LogP contribution in [0.4, 0.5) is 5.95 Å². The second-order valence-corrected chi connectivity index (χ2v) is 4.58. The van der Waals surface area contributed by atoms with Crippen molar-refractivity contribution in [2.75, 3.05) is 26.0 Å². The second kappa shape index (κ2) is 6.53. The summed E-state index contributed by atoms with van der Waals surface area (Å²) in [7, 11) is 4.20. The highest BCUT2D eigenvalue weighted by Gasteiger charge is 2.06. The van der Waals surface area contributed by atoms with Gasteiger partial charge in [0.1, 0.15) is 0 Å². The van der Waals surface area contributed by atoms with Crippen LogP contribution in [-0.2, 0) is 6.54 Å². The van der Waals surface area contributed by atoms with Crippen LogP contribution in [0, 0.1) is 0 Å². The fraction of sp³-hybridized carbons (Fsp3) is 0.750. The van der Waals surface area contributed by atoms with E-state index in [1.807, 2.05) is 12.4 Å². The summed E-state index contributed by atoms with van der Waals surface area (Å²) in [6, 6.07) is 0.459. The number of imidazole rings is 1. The highest BCUT2D eigenvalue weighted by Crippen LogP contribution is 2.08. The third-order valence-corrected chi connectivity index (χ3v) is 2.56. The maximum absolute atomic E-state index is 4.34. The summed E-state index contributed by atoms with van der Waals surface area (Å²) in [6.07, 6.45) is 6.16. The summed E-state index contributed by atoms with van der Waals surface area (Å²) < 4.78 is 2.17. The Balaban J connectivity index is 2.42. The summed E-state index contributed by atoms with van der Waals surface area (Å²) in [5.74, 6) is 0.994. The minimum atomic E-state index is 0.459. The van der Waals surface area contributed by atoms with Crippen molar-refractivity contribution in [3.63, 3.8) is 0 Å². The first-order valence-corrected chi connectivity index (χ1v) is 6.06. The van der Waals surface area contributed by atoms with E-state index in [1.54, 1.807) is 0 Å². The van der Waals surface area contributed by atoms with Gasteiger partial charge in [-0.3, -0.25) is 0 Å². The minimum Gasteiger partial charge on any atom is -0.353 e. The van der Waals surface area contributed by atoms with E-state index in [0.717, 1.165) is 31.9 Å². The van der Waals surface area contributed by atoms with Gasteiger partial charge in [0.25, 0.3) is 0 Å². The minimum absolute atomic E-state index is 0.459. The third-order valence-electron chi connectivity index (χ3n) is 2.56. The van der Waals surface area contributed by atoms with Gasteiger partial charge in [-0.2, -0.15) is 0 Å². The average molecular weight is 224 g/mol. The summed E-state index contributed by atoms with van der Waals surface area (Å²) in [4.78, 5) is 6.55. The zero-order valence-electron chi connectivity index (χ0n) is 10.9. The van der Waals surface area contributed by atoms with Crippen LogP contribution >= 0.6 is 0 Å². The van der Waals surface area contributed by atoms with E-state index in [9.17, 15) is 0 Å². The molecule has 4 heteroatoms. The SMILES string of the molecule is CCCn1ccnc1NC(C)CCN(C)C. The molecule has 1 heterocycles. The molecule has 1 atom stereocenters. The van der Waals surface area contributed by atoms with E-state index < -0.39 is 0 Å². The van der Waals surface area contributed by atoms with Crippen molar-refractivity contribution in [1.82, 2.24) is 14.5 Å². The van der Waals surface area contributed by atoms with E-state index in [4.69, 9.17) is 0 Å². The monoisotopic (exact) mass is 224 g/mol. The predicted octanol–water partition coefficient (Wildman–Crippen LogP) is 2.05. The number of aromatic nitrogens is 2. The molecule has 0 saturated heterocycles. The molecule has 0 aliphatic heterocycles. The number of aryl methyl sites for hydroxylation is 1. The molecule has 1 N–H and O–H groups in total. The van der Waals surface area contributed by atoms with Crippen LogP contribution in [0.15, 0.2) is 12.4 Å². The third kappa shape index (κ3) is 4.23. The molecule has 16 heavy (non-hydrogen) atoms. The van der Waals surface area contributed by atoms with Crippen molar-refractivity contribution in [1.29, 1.82) is 0 Å². The van der Waals surface area contributed by atoms with Gasteiger partial charge in [-0.25, -0.2) is 4.98 Å². The van der Waals surface area contributed by atoms with Gasteiger partial charge in [-0.1, -0.05) is 6.92 Å². The largest absolute Gasteiger partial charge is 0.353 e. The van der Waals surface area contributed by atoms with E-state index in [1.165, 1.54) is 0 Å². The Bertz CT molecular complexity index is 293. The maximum Gasteiger partial charge on any atom is 0.202 e. The number of nitrogens with one attached hydrogen (secondary N) is 1. The Morgan fingerprint density at radius 3 is 2.88 bits per heavy atom. The molecule has 0 amide bonds. The molecule has 0 saturated carbocycles. The number of anilines is 1. The van der Waals surface area contributed by atoms with E-state index in [0.29, 0.717) is 6.04 Å². The van der Waals surface area contributed by atoms with Gasteiger partial charge in [0.05, 0.1) is 0 Å². The summed E-state index contributed by atoms with van der Waals surface area (Å²) in [5.41, 5.74) is 0. The van der Waals surface area contributed by atoms with Gasteiger partial charge < -0.3 is 14.8 Å². The van der Waals surface area contributed by atoms with Crippen LogP contribution in [0.5, 0.6) is 0 Å². The number of hydrogen-bond donors (Lipinski definition) is 1. The Morgan fingerprint density at radius 2 is 2.25 bits per heavy atom. The average Bonchev–Trinajstić information content (AvgIpc) is 2.63. The summed E-state index contributed by atoms with van der Waals surface area (Å²) >= 11 is 0. The zero-order chi connectivity index (χ0) is 12.0. The lowest BCUT2D eigenvalue weighted by molar-refractivity contribution is 0.390. The van der Waals surface area contributed by atoms with E-state index in [2.05, 4.69) is 47.7 Å². The van der Waals surface area contributed by atoms with Crippen LogP contribution in [0.2, 0.25) is 0 Å². The van der Waals surface area contributed by atoms with Crippen LogP contribution in [0.3, 0.4) is 0 Å². The normalized spacial score (nSPS) is 13.1. The van der Waals surface area contributed by atoms with Crippen molar-refractivity contribution in [2.45, 2.75) is 39.3 Å². The predicted molar refractivity (Wildman–Crippen MR) is 68.8 cm³/mol. The van der Waals surface area contributed by atoms with Crippen molar-refractivity contribution in [3.05, 3.63) is 12.4 Å². The second-order valence-electron chi connectivity index (χ2n) is 4.58.